The molecule has 0 aliphatic rings. The topological polar surface area (TPSA) is 75.4 Å². The number of carbonyl (C=O) groups excluding carboxylic acids is 1. The zero-order chi connectivity index (χ0) is 13.8. The van der Waals surface area contributed by atoms with Crippen molar-refractivity contribution in [2.75, 3.05) is 5.32 Å². The summed E-state index contributed by atoms with van der Waals surface area (Å²) in [6.45, 7) is 0.530. The van der Waals surface area contributed by atoms with Gasteiger partial charge in [-0.3, -0.25) is 4.79 Å². The Morgan fingerprint density at radius 2 is 2.05 bits per heavy atom. The van der Waals surface area contributed by atoms with Crippen LogP contribution in [-0.2, 0) is 6.54 Å². The normalized spacial score (nSPS) is 10.2. The number of carbonyl (C=O) groups is 1. The van der Waals surface area contributed by atoms with Crippen molar-refractivity contribution in [3.8, 4) is 5.75 Å². The lowest BCUT2D eigenvalue weighted by atomic mass is 10.1. The van der Waals surface area contributed by atoms with Crippen molar-refractivity contribution in [1.82, 2.24) is 0 Å². The number of hydrogen-bond donors (Lipinski definition) is 3. The van der Waals surface area contributed by atoms with Crippen molar-refractivity contribution in [3.63, 3.8) is 0 Å². The summed E-state index contributed by atoms with van der Waals surface area (Å²) in [4.78, 5) is 11.1. The number of hydrogen-bond acceptors (Lipinski definition) is 3. The Morgan fingerprint density at radius 3 is 2.74 bits per heavy atom. The Labute approximate surface area is 115 Å². The lowest BCUT2D eigenvalue weighted by Crippen LogP contribution is -2.11. The van der Waals surface area contributed by atoms with Crippen molar-refractivity contribution in [2.24, 2.45) is 5.73 Å². The van der Waals surface area contributed by atoms with Crippen molar-refractivity contribution in [3.05, 3.63) is 58.6 Å². The first-order valence-electron chi connectivity index (χ1n) is 5.67. The standard InChI is InChI=1S/C14H13ClN2O2/c15-12-6-9(4-5-13(12)18)8-17-11-3-1-2-10(7-11)14(16)19/h1-7,17-18H,8H2,(H2,16,19). The van der Waals surface area contributed by atoms with E-state index in [0.29, 0.717) is 17.1 Å². The maximum absolute atomic E-state index is 11.1. The lowest BCUT2D eigenvalue weighted by molar-refractivity contribution is 0.100. The molecule has 0 atom stereocenters. The number of phenolic OH excluding ortho intramolecular Hbond substituents is 1. The maximum Gasteiger partial charge on any atom is 0.248 e. The molecular formula is C14H13ClN2O2. The number of nitrogens with one attached hydrogen (secondary N) is 1. The van der Waals surface area contributed by atoms with Crippen LogP contribution in [-0.4, -0.2) is 11.0 Å². The molecule has 0 fully saturated rings. The van der Waals surface area contributed by atoms with Crippen LogP contribution in [0.4, 0.5) is 5.69 Å². The molecule has 0 bridgehead atoms. The van der Waals surface area contributed by atoms with Crippen LogP contribution in [0.3, 0.4) is 0 Å². The molecule has 0 aliphatic heterocycles. The van der Waals surface area contributed by atoms with Crippen LogP contribution in [0.2, 0.25) is 5.02 Å². The summed E-state index contributed by atoms with van der Waals surface area (Å²) in [5.74, 6) is -0.405. The van der Waals surface area contributed by atoms with E-state index in [4.69, 9.17) is 17.3 Å². The smallest absolute Gasteiger partial charge is 0.248 e. The van der Waals surface area contributed by atoms with Crippen LogP contribution in [0.25, 0.3) is 0 Å². The van der Waals surface area contributed by atoms with Gasteiger partial charge in [-0.15, -0.1) is 0 Å². The second kappa shape index (κ2) is 5.63. The van der Waals surface area contributed by atoms with E-state index in [2.05, 4.69) is 5.32 Å². The summed E-state index contributed by atoms with van der Waals surface area (Å²) >= 11 is 5.82. The predicted molar refractivity (Wildman–Crippen MR) is 75.4 cm³/mol. The number of nitrogens with two attached hydrogens (primary N) is 1. The Bertz CT molecular complexity index is 614. The number of aromatic hydroxyl groups is 1. The van der Waals surface area contributed by atoms with E-state index in [-0.39, 0.29) is 5.75 Å². The predicted octanol–water partition coefficient (Wildman–Crippen LogP) is 2.76. The zero-order valence-corrected chi connectivity index (χ0v) is 10.8. The summed E-state index contributed by atoms with van der Waals surface area (Å²) < 4.78 is 0. The minimum Gasteiger partial charge on any atom is -0.506 e. The van der Waals surface area contributed by atoms with E-state index in [1.165, 1.54) is 0 Å². The van der Waals surface area contributed by atoms with Crippen molar-refractivity contribution >= 4 is 23.2 Å². The summed E-state index contributed by atoms with van der Waals surface area (Å²) in [6.07, 6.45) is 0. The van der Waals surface area contributed by atoms with E-state index in [0.717, 1.165) is 11.3 Å². The molecule has 0 radical (unpaired) electrons. The zero-order valence-electron chi connectivity index (χ0n) is 10.1. The van der Waals surface area contributed by atoms with Gasteiger partial charge in [-0.1, -0.05) is 23.7 Å². The van der Waals surface area contributed by atoms with Gasteiger partial charge >= 0.3 is 0 Å². The number of halogens is 1. The lowest BCUT2D eigenvalue weighted by Gasteiger charge is -2.08. The van der Waals surface area contributed by atoms with Gasteiger partial charge in [0.2, 0.25) is 5.91 Å². The third-order valence-corrected chi connectivity index (χ3v) is 2.96. The molecule has 0 aromatic heterocycles. The molecule has 0 unspecified atom stereocenters. The van der Waals surface area contributed by atoms with Gasteiger partial charge in [0.05, 0.1) is 5.02 Å². The van der Waals surface area contributed by atoms with Crippen LogP contribution in [0.1, 0.15) is 15.9 Å². The van der Waals surface area contributed by atoms with Gasteiger partial charge in [-0.2, -0.15) is 0 Å². The quantitative estimate of drug-likeness (QED) is 0.804. The third kappa shape index (κ3) is 3.39. The molecule has 0 spiro atoms. The minimum atomic E-state index is -0.462. The van der Waals surface area contributed by atoms with Gasteiger partial charge in [-0.25, -0.2) is 0 Å². The Hall–Kier alpha value is -2.20. The molecule has 0 heterocycles. The van der Waals surface area contributed by atoms with Gasteiger partial charge in [-0.05, 0) is 35.9 Å². The largest absolute Gasteiger partial charge is 0.506 e. The molecule has 4 nitrogen and oxygen atoms in total. The Balaban J connectivity index is 2.07. The van der Waals surface area contributed by atoms with Gasteiger partial charge in [0.25, 0.3) is 0 Å². The van der Waals surface area contributed by atoms with Crippen LogP contribution in [0.5, 0.6) is 5.75 Å². The fraction of sp³-hybridized carbons (Fsp3) is 0.0714. The second-order valence-corrected chi connectivity index (χ2v) is 4.49. The van der Waals surface area contributed by atoms with Crippen LogP contribution in [0.15, 0.2) is 42.5 Å². The fourth-order valence-electron chi connectivity index (χ4n) is 1.65. The highest BCUT2D eigenvalue weighted by atomic mass is 35.5. The van der Waals surface area contributed by atoms with Crippen LogP contribution in [0, 0.1) is 0 Å². The van der Waals surface area contributed by atoms with Gasteiger partial charge in [0.1, 0.15) is 5.75 Å². The number of benzene rings is 2. The molecule has 5 heteroatoms. The highest BCUT2D eigenvalue weighted by Gasteiger charge is 2.02. The molecule has 2 aromatic rings. The molecule has 2 aromatic carbocycles. The molecule has 0 aliphatic carbocycles. The summed E-state index contributed by atoms with van der Waals surface area (Å²) in [5.41, 5.74) is 7.38. The van der Waals surface area contributed by atoms with E-state index in [9.17, 15) is 9.90 Å². The first-order chi connectivity index (χ1) is 9.06. The second-order valence-electron chi connectivity index (χ2n) is 4.08. The first-order valence-corrected chi connectivity index (χ1v) is 6.05. The molecule has 4 N–H and O–H groups in total. The van der Waals surface area contributed by atoms with Gasteiger partial charge < -0.3 is 16.2 Å². The molecule has 98 valence electrons. The van der Waals surface area contributed by atoms with Crippen LogP contribution < -0.4 is 11.1 Å². The van der Waals surface area contributed by atoms with E-state index >= 15 is 0 Å². The van der Waals surface area contributed by atoms with Crippen molar-refractivity contribution in [1.29, 1.82) is 0 Å². The highest BCUT2D eigenvalue weighted by Crippen LogP contribution is 2.24. The number of amides is 1. The Morgan fingerprint density at radius 1 is 1.26 bits per heavy atom. The maximum atomic E-state index is 11.1. The Kier molecular flexibility index (Phi) is 3.92. The summed E-state index contributed by atoms with van der Waals surface area (Å²) in [7, 11) is 0. The van der Waals surface area contributed by atoms with Crippen LogP contribution >= 0.6 is 11.6 Å². The summed E-state index contributed by atoms with van der Waals surface area (Å²) in [5, 5.41) is 12.8. The van der Waals surface area contributed by atoms with Gasteiger partial charge in [0.15, 0.2) is 0 Å². The molecule has 0 saturated heterocycles. The van der Waals surface area contributed by atoms with E-state index < -0.39 is 5.91 Å². The minimum absolute atomic E-state index is 0.0566. The van der Waals surface area contributed by atoms with E-state index in [1.807, 2.05) is 6.07 Å². The number of anilines is 1. The average molecular weight is 277 g/mol. The number of phenols is 1. The van der Waals surface area contributed by atoms with E-state index in [1.54, 1.807) is 36.4 Å². The van der Waals surface area contributed by atoms with Crippen molar-refractivity contribution in [2.45, 2.75) is 6.54 Å². The summed E-state index contributed by atoms with van der Waals surface area (Å²) in [6, 6.07) is 11.9. The highest BCUT2D eigenvalue weighted by molar-refractivity contribution is 6.32. The fourth-order valence-corrected chi connectivity index (χ4v) is 1.85. The van der Waals surface area contributed by atoms with Gasteiger partial charge in [0, 0.05) is 17.8 Å². The third-order valence-electron chi connectivity index (χ3n) is 2.66. The monoisotopic (exact) mass is 276 g/mol. The molecule has 0 saturated carbocycles. The average Bonchev–Trinajstić information content (AvgIpc) is 2.40. The molecular weight excluding hydrogens is 264 g/mol. The molecule has 19 heavy (non-hydrogen) atoms. The van der Waals surface area contributed by atoms with Crippen molar-refractivity contribution < 1.29 is 9.90 Å². The number of rotatable bonds is 4. The number of primary amides is 1. The molecule has 2 rings (SSSR count). The SMILES string of the molecule is NC(=O)c1cccc(NCc2ccc(O)c(Cl)c2)c1. The molecule has 1 amide bonds. The first kappa shape index (κ1) is 13.2.